The average molecular weight is 623 g/mol. The van der Waals surface area contributed by atoms with Gasteiger partial charge in [0.2, 0.25) is 5.91 Å². The number of carbonyl (C=O) groups excluding carboxylic acids is 3. The minimum Gasteiger partial charge on any atom is -0.451 e. The first-order chi connectivity index (χ1) is 21.4. The SMILES string of the molecule is Cc1ccc(C)cc1.O=C(NCC(=O)N1CCN(c2ccccc2C(=O)NCC(F)(F)F)CC1)c1cc(=O)c2ccccc2o1. The number of anilines is 1. The summed E-state index contributed by atoms with van der Waals surface area (Å²) in [6, 6.07) is 22.4. The summed E-state index contributed by atoms with van der Waals surface area (Å²) >= 11 is 0. The summed E-state index contributed by atoms with van der Waals surface area (Å²) in [6.45, 7) is 3.67. The molecule has 0 unspecified atom stereocenters. The van der Waals surface area contributed by atoms with E-state index in [0.29, 0.717) is 24.2 Å². The van der Waals surface area contributed by atoms with E-state index < -0.39 is 24.5 Å². The Hall–Kier alpha value is -5.13. The third-order valence-electron chi connectivity index (χ3n) is 7.05. The van der Waals surface area contributed by atoms with Gasteiger partial charge in [0.25, 0.3) is 11.8 Å². The Kier molecular flexibility index (Phi) is 10.6. The largest absolute Gasteiger partial charge is 0.451 e. The van der Waals surface area contributed by atoms with Crippen molar-refractivity contribution < 1.29 is 32.0 Å². The van der Waals surface area contributed by atoms with Crippen LogP contribution in [0.15, 0.2) is 88.1 Å². The zero-order valence-electron chi connectivity index (χ0n) is 24.8. The molecule has 3 amide bonds. The van der Waals surface area contributed by atoms with Gasteiger partial charge in [-0.2, -0.15) is 13.2 Å². The van der Waals surface area contributed by atoms with Crippen molar-refractivity contribution in [3.8, 4) is 0 Å². The zero-order valence-corrected chi connectivity index (χ0v) is 24.8. The third-order valence-corrected chi connectivity index (χ3v) is 7.05. The van der Waals surface area contributed by atoms with E-state index in [1.54, 1.807) is 42.5 Å². The zero-order chi connectivity index (χ0) is 32.6. The maximum Gasteiger partial charge on any atom is 0.405 e. The summed E-state index contributed by atoms with van der Waals surface area (Å²) in [7, 11) is 0. The molecule has 45 heavy (non-hydrogen) atoms. The van der Waals surface area contributed by atoms with Gasteiger partial charge in [-0.15, -0.1) is 0 Å². The number of aryl methyl sites for hydroxylation is 2. The lowest BCUT2D eigenvalue weighted by Crippen LogP contribution is -2.51. The first-order valence-corrected chi connectivity index (χ1v) is 14.2. The molecule has 5 rings (SSSR count). The molecule has 1 saturated heterocycles. The average Bonchev–Trinajstić information content (AvgIpc) is 3.03. The second-order valence-electron chi connectivity index (χ2n) is 10.5. The highest BCUT2D eigenvalue weighted by atomic mass is 19.4. The molecule has 0 aliphatic carbocycles. The number of benzene rings is 3. The van der Waals surface area contributed by atoms with Gasteiger partial charge in [0, 0.05) is 37.9 Å². The van der Waals surface area contributed by atoms with Gasteiger partial charge in [-0.05, 0) is 38.1 Å². The van der Waals surface area contributed by atoms with Crippen LogP contribution in [-0.4, -0.2) is 68.1 Å². The summed E-state index contributed by atoms with van der Waals surface area (Å²) in [4.78, 5) is 52.9. The molecule has 0 spiro atoms. The number of rotatable bonds is 6. The first kappa shape index (κ1) is 32.8. The van der Waals surface area contributed by atoms with Crippen molar-refractivity contribution >= 4 is 34.4 Å². The van der Waals surface area contributed by atoms with Crippen molar-refractivity contribution in [1.82, 2.24) is 15.5 Å². The lowest BCUT2D eigenvalue weighted by molar-refractivity contribution is -0.130. The van der Waals surface area contributed by atoms with E-state index in [0.717, 1.165) is 6.07 Å². The molecular weight excluding hydrogens is 589 g/mol. The Morgan fingerprint density at radius 1 is 0.800 bits per heavy atom. The summed E-state index contributed by atoms with van der Waals surface area (Å²) in [5, 5.41) is 4.68. The molecule has 12 heteroatoms. The monoisotopic (exact) mass is 622 g/mol. The Labute approximate surface area is 257 Å². The Morgan fingerprint density at radius 3 is 2.04 bits per heavy atom. The fourth-order valence-corrected chi connectivity index (χ4v) is 4.62. The topological polar surface area (TPSA) is 112 Å². The number of para-hydroxylation sites is 2. The van der Waals surface area contributed by atoms with Crippen molar-refractivity contribution in [3.63, 3.8) is 0 Å². The first-order valence-electron chi connectivity index (χ1n) is 14.2. The molecule has 0 bridgehead atoms. The summed E-state index contributed by atoms with van der Waals surface area (Å²) < 4.78 is 42.9. The minimum absolute atomic E-state index is 0.107. The van der Waals surface area contributed by atoms with Gasteiger partial charge in [-0.1, -0.05) is 59.7 Å². The molecule has 0 atom stereocenters. The molecule has 1 aliphatic rings. The van der Waals surface area contributed by atoms with Crippen molar-refractivity contribution in [2.45, 2.75) is 20.0 Å². The van der Waals surface area contributed by atoms with Crippen molar-refractivity contribution in [2.75, 3.05) is 44.2 Å². The number of halogens is 3. The maximum atomic E-state index is 12.6. The molecule has 2 N–H and O–H groups in total. The molecule has 0 saturated carbocycles. The van der Waals surface area contributed by atoms with E-state index in [-0.39, 0.29) is 47.9 Å². The Balaban J connectivity index is 0.000000501. The standard InChI is InChI=1S/C25H23F3N4O5.C8H10/c26-25(27,28)15-30-23(35)16-5-1-3-7-18(16)31-9-11-32(12-10-31)22(34)14-29-24(36)21-13-19(33)17-6-2-4-8-20(17)37-21;1-7-3-5-8(2)6-4-7/h1-8,13H,9-12,14-15H2,(H,29,36)(H,30,35);3-6H,1-2H3. The quantitative estimate of drug-likeness (QED) is 0.329. The molecular formula is C33H33F3N4O5. The van der Waals surface area contributed by atoms with Crippen LogP contribution in [0.1, 0.15) is 32.0 Å². The fourth-order valence-electron chi connectivity index (χ4n) is 4.62. The molecule has 236 valence electrons. The second-order valence-corrected chi connectivity index (χ2v) is 10.5. The fraction of sp³-hybridized carbons (Fsp3) is 0.273. The number of alkyl halides is 3. The lowest BCUT2D eigenvalue weighted by atomic mass is 10.1. The number of nitrogens with one attached hydrogen (secondary N) is 2. The number of carbonyl (C=O) groups is 3. The van der Waals surface area contributed by atoms with Crippen LogP contribution in [0, 0.1) is 13.8 Å². The number of nitrogens with zero attached hydrogens (tertiary/aromatic N) is 2. The number of fused-ring (bicyclic) bond motifs is 1. The second kappa shape index (κ2) is 14.6. The Bertz CT molecular complexity index is 1690. The van der Waals surface area contributed by atoms with E-state index in [9.17, 15) is 32.3 Å². The van der Waals surface area contributed by atoms with E-state index in [4.69, 9.17) is 4.42 Å². The van der Waals surface area contributed by atoms with E-state index in [2.05, 4.69) is 43.4 Å². The van der Waals surface area contributed by atoms with Crippen molar-refractivity contribution in [3.05, 3.63) is 112 Å². The highest BCUT2D eigenvalue weighted by Gasteiger charge is 2.29. The number of hydrogen-bond acceptors (Lipinski definition) is 6. The molecule has 1 aromatic heterocycles. The van der Waals surface area contributed by atoms with Gasteiger partial charge in [0.15, 0.2) is 11.2 Å². The van der Waals surface area contributed by atoms with Gasteiger partial charge in [0.05, 0.1) is 17.5 Å². The summed E-state index contributed by atoms with van der Waals surface area (Å²) in [6.07, 6.45) is -4.52. The molecule has 3 aromatic carbocycles. The maximum absolute atomic E-state index is 12.6. The third kappa shape index (κ3) is 9.18. The molecule has 9 nitrogen and oxygen atoms in total. The van der Waals surface area contributed by atoms with Gasteiger partial charge in [-0.25, -0.2) is 0 Å². The van der Waals surface area contributed by atoms with Crippen LogP contribution in [0.2, 0.25) is 0 Å². The van der Waals surface area contributed by atoms with Crippen molar-refractivity contribution in [2.24, 2.45) is 0 Å². The predicted octanol–water partition coefficient (Wildman–Crippen LogP) is 4.47. The van der Waals surface area contributed by atoms with Gasteiger partial charge >= 0.3 is 6.18 Å². The van der Waals surface area contributed by atoms with Crippen LogP contribution >= 0.6 is 0 Å². The van der Waals surface area contributed by atoms with Crippen LogP contribution in [0.4, 0.5) is 18.9 Å². The smallest absolute Gasteiger partial charge is 0.405 e. The molecule has 0 radical (unpaired) electrons. The molecule has 1 aliphatic heterocycles. The van der Waals surface area contributed by atoms with Crippen LogP contribution in [0.5, 0.6) is 0 Å². The van der Waals surface area contributed by atoms with Crippen LogP contribution in [0.3, 0.4) is 0 Å². The summed E-state index contributed by atoms with van der Waals surface area (Å²) in [5.41, 5.74) is 3.12. The van der Waals surface area contributed by atoms with Gasteiger partial charge in [0.1, 0.15) is 12.1 Å². The molecule has 4 aromatic rings. The summed E-state index contributed by atoms with van der Waals surface area (Å²) in [5.74, 6) is -2.10. The highest BCUT2D eigenvalue weighted by molar-refractivity contribution is 6.00. The lowest BCUT2D eigenvalue weighted by Gasteiger charge is -2.36. The number of hydrogen-bond donors (Lipinski definition) is 2. The van der Waals surface area contributed by atoms with Gasteiger partial charge < -0.3 is 24.9 Å². The van der Waals surface area contributed by atoms with E-state index >= 15 is 0 Å². The van der Waals surface area contributed by atoms with E-state index in [1.165, 1.54) is 22.1 Å². The van der Waals surface area contributed by atoms with Crippen LogP contribution in [0.25, 0.3) is 11.0 Å². The number of piperazine rings is 1. The Morgan fingerprint density at radius 2 is 1.40 bits per heavy atom. The predicted molar refractivity (Wildman–Crippen MR) is 164 cm³/mol. The van der Waals surface area contributed by atoms with E-state index in [1.807, 2.05) is 10.2 Å². The highest BCUT2D eigenvalue weighted by Crippen LogP contribution is 2.23. The normalized spacial score (nSPS) is 13.1. The van der Waals surface area contributed by atoms with Gasteiger partial charge in [-0.3, -0.25) is 19.2 Å². The van der Waals surface area contributed by atoms with Crippen LogP contribution in [-0.2, 0) is 4.79 Å². The van der Waals surface area contributed by atoms with Crippen LogP contribution < -0.4 is 21.0 Å². The molecule has 1 fully saturated rings. The molecule has 2 heterocycles. The minimum atomic E-state index is -4.52. The van der Waals surface area contributed by atoms with Crippen molar-refractivity contribution in [1.29, 1.82) is 0 Å². The number of amides is 3.